The van der Waals surface area contributed by atoms with Gasteiger partial charge in [-0.3, -0.25) is 0 Å². The Morgan fingerprint density at radius 1 is 1.50 bits per heavy atom. The summed E-state index contributed by atoms with van der Waals surface area (Å²) in [7, 11) is 0. The van der Waals surface area contributed by atoms with Crippen LogP contribution in [0.15, 0.2) is 20.3 Å². The second-order valence-electron chi connectivity index (χ2n) is 3.68. The van der Waals surface area contributed by atoms with Crippen LogP contribution in [0.4, 0.5) is 6.01 Å². The Bertz CT molecular complexity index is 466. The van der Waals surface area contributed by atoms with Crippen molar-refractivity contribution in [3.8, 4) is 0 Å². The highest BCUT2D eigenvalue weighted by molar-refractivity contribution is 9.10. The molecular formula is C10H12BrN3OS. The molecule has 0 unspecified atom stereocenters. The SMILES string of the molecule is CC(C)c1nnc(NCc2cc(Br)cs2)o1. The van der Waals surface area contributed by atoms with Crippen molar-refractivity contribution in [2.45, 2.75) is 26.3 Å². The van der Waals surface area contributed by atoms with Crippen LogP contribution in [0.2, 0.25) is 0 Å². The fourth-order valence-corrected chi connectivity index (χ4v) is 2.54. The highest BCUT2D eigenvalue weighted by Gasteiger charge is 2.09. The summed E-state index contributed by atoms with van der Waals surface area (Å²) in [6.07, 6.45) is 0. The molecule has 0 amide bonds. The topological polar surface area (TPSA) is 51.0 Å². The van der Waals surface area contributed by atoms with Crippen molar-refractivity contribution in [1.29, 1.82) is 0 Å². The first-order chi connectivity index (χ1) is 7.65. The zero-order chi connectivity index (χ0) is 11.5. The Morgan fingerprint density at radius 3 is 2.88 bits per heavy atom. The molecule has 2 rings (SSSR count). The Kier molecular flexibility index (Phi) is 3.60. The zero-order valence-corrected chi connectivity index (χ0v) is 11.4. The molecule has 0 fully saturated rings. The second-order valence-corrected chi connectivity index (χ2v) is 5.60. The number of hydrogen-bond acceptors (Lipinski definition) is 5. The van der Waals surface area contributed by atoms with E-state index in [1.165, 1.54) is 4.88 Å². The number of halogens is 1. The lowest BCUT2D eigenvalue weighted by Crippen LogP contribution is -1.97. The predicted molar refractivity (Wildman–Crippen MR) is 67.7 cm³/mol. The second kappa shape index (κ2) is 4.97. The maximum Gasteiger partial charge on any atom is 0.315 e. The quantitative estimate of drug-likeness (QED) is 0.937. The summed E-state index contributed by atoms with van der Waals surface area (Å²) in [5.74, 6) is 0.925. The van der Waals surface area contributed by atoms with Gasteiger partial charge in [-0.15, -0.1) is 16.4 Å². The van der Waals surface area contributed by atoms with E-state index in [2.05, 4.69) is 37.5 Å². The fraction of sp³-hybridized carbons (Fsp3) is 0.400. The summed E-state index contributed by atoms with van der Waals surface area (Å²) in [6.45, 7) is 4.75. The van der Waals surface area contributed by atoms with Gasteiger partial charge in [0, 0.05) is 20.6 Å². The van der Waals surface area contributed by atoms with Gasteiger partial charge in [-0.05, 0) is 22.0 Å². The summed E-state index contributed by atoms with van der Waals surface area (Å²) in [5.41, 5.74) is 0. The smallest absolute Gasteiger partial charge is 0.315 e. The normalized spacial score (nSPS) is 11.0. The lowest BCUT2D eigenvalue weighted by molar-refractivity contribution is 0.480. The molecule has 0 saturated carbocycles. The van der Waals surface area contributed by atoms with E-state index in [-0.39, 0.29) is 5.92 Å². The van der Waals surface area contributed by atoms with E-state index in [1.807, 2.05) is 19.2 Å². The maximum absolute atomic E-state index is 5.43. The van der Waals surface area contributed by atoms with Gasteiger partial charge in [0.2, 0.25) is 5.89 Å². The van der Waals surface area contributed by atoms with E-state index < -0.39 is 0 Å². The van der Waals surface area contributed by atoms with E-state index in [4.69, 9.17) is 4.42 Å². The highest BCUT2D eigenvalue weighted by atomic mass is 79.9. The van der Waals surface area contributed by atoms with Gasteiger partial charge in [-0.2, -0.15) is 0 Å². The number of nitrogens with one attached hydrogen (secondary N) is 1. The van der Waals surface area contributed by atoms with Crippen LogP contribution in [0.25, 0.3) is 0 Å². The van der Waals surface area contributed by atoms with Gasteiger partial charge in [-0.1, -0.05) is 18.9 Å². The summed E-state index contributed by atoms with van der Waals surface area (Å²) in [4.78, 5) is 1.22. The number of nitrogens with zero attached hydrogens (tertiary/aromatic N) is 2. The minimum absolute atomic E-state index is 0.263. The molecule has 0 aromatic carbocycles. The first-order valence-corrected chi connectivity index (χ1v) is 6.62. The van der Waals surface area contributed by atoms with Crippen molar-refractivity contribution in [3.63, 3.8) is 0 Å². The molecule has 0 spiro atoms. The van der Waals surface area contributed by atoms with Crippen LogP contribution in [-0.4, -0.2) is 10.2 Å². The number of thiophene rings is 1. The fourth-order valence-electron chi connectivity index (χ4n) is 1.15. The molecule has 0 bridgehead atoms. The molecule has 0 aliphatic rings. The van der Waals surface area contributed by atoms with Gasteiger partial charge < -0.3 is 9.73 Å². The van der Waals surface area contributed by atoms with Crippen molar-refractivity contribution in [2.24, 2.45) is 0 Å². The third-order valence-electron chi connectivity index (χ3n) is 1.97. The van der Waals surface area contributed by atoms with E-state index in [9.17, 15) is 0 Å². The minimum atomic E-state index is 0.263. The largest absolute Gasteiger partial charge is 0.408 e. The molecule has 86 valence electrons. The Morgan fingerprint density at radius 2 is 2.31 bits per heavy atom. The van der Waals surface area contributed by atoms with Crippen LogP contribution in [0, 0.1) is 0 Å². The van der Waals surface area contributed by atoms with Gasteiger partial charge in [-0.25, -0.2) is 0 Å². The summed E-state index contributed by atoms with van der Waals surface area (Å²) < 4.78 is 6.53. The summed E-state index contributed by atoms with van der Waals surface area (Å²) >= 11 is 5.10. The number of anilines is 1. The third-order valence-corrected chi connectivity index (χ3v) is 3.67. The van der Waals surface area contributed by atoms with Crippen LogP contribution in [-0.2, 0) is 6.54 Å². The minimum Gasteiger partial charge on any atom is -0.408 e. The van der Waals surface area contributed by atoms with E-state index in [0.717, 1.165) is 4.47 Å². The van der Waals surface area contributed by atoms with Crippen LogP contribution >= 0.6 is 27.3 Å². The van der Waals surface area contributed by atoms with Gasteiger partial charge >= 0.3 is 6.01 Å². The van der Waals surface area contributed by atoms with Gasteiger partial charge in [0.05, 0.1) is 6.54 Å². The van der Waals surface area contributed by atoms with Gasteiger partial charge in [0.1, 0.15) is 0 Å². The van der Waals surface area contributed by atoms with Crippen LogP contribution in [0.3, 0.4) is 0 Å². The third kappa shape index (κ3) is 2.82. The summed E-state index contributed by atoms with van der Waals surface area (Å²) in [6, 6.07) is 2.55. The lowest BCUT2D eigenvalue weighted by atomic mass is 10.2. The Balaban J connectivity index is 1.94. The number of aromatic nitrogens is 2. The summed E-state index contributed by atoms with van der Waals surface area (Å²) in [5, 5.41) is 13.0. The number of hydrogen-bond donors (Lipinski definition) is 1. The lowest BCUT2D eigenvalue weighted by Gasteiger charge is -1.98. The molecule has 0 radical (unpaired) electrons. The van der Waals surface area contributed by atoms with Gasteiger partial charge in [0.15, 0.2) is 0 Å². The monoisotopic (exact) mass is 301 g/mol. The molecular weight excluding hydrogens is 290 g/mol. The number of rotatable bonds is 4. The maximum atomic E-state index is 5.43. The molecule has 0 aliphatic heterocycles. The predicted octanol–water partition coefficient (Wildman–Crippen LogP) is 3.63. The molecule has 2 aromatic rings. The van der Waals surface area contributed by atoms with E-state index >= 15 is 0 Å². The van der Waals surface area contributed by atoms with Crippen LogP contribution in [0.1, 0.15) is 30.5 Å². The Labute approximate surface area is 106 Å². The van der Waals surface area contributed by atoms with Crippen molar-refractivity contribution >= 4 is 33.3 Å². The molecule has 1 N–H and O–H groups in total. The first-order valence-electron chi connectivity index (χ1n) is 4.95. The molecule has 0 aliphatic carbocycles. The zero-order valence-electron chi connectivity index (χ0n) is 9.03. The molecule has 0 saturated heterocycles. The van der Waals surface area contributed by atoms with E-state index in [0.29, 0.717) is 18.5 Å². The average Bonchev–Trinajstić information content (AvgIpc) is 2.83. The van der Waals surface area contributed by atoms with Crippen molar-refractivity contribution in [1.82, 2.24) is 10.2 Å². The molecule has 4 nitrogen and oxygen atoms in total. The molecule has 2 heterocycles. The molecule has 2 aromatic heterocycles. The molecule has 16 heavy (non-hydrogen) atoms. The molecule has 0 atom stereocenters. The standard InChI is InChI=1S/C10H12BrN3OS/c1-6(2)9-13-14-10(15-9)12-4-8-3-7(11)5-16-8/h3,5-6H,4H2,1-2H3,(H,12,14). The van der Waals surface area contributed by atoms with Crippen molar-refractivity contribution in [2.75, 3.05) is 5.32 Å². The Hall–Kier alpha value is -0.880. The average molecular weight is 302 g/mol. The van der Waals surface area contributed by atoms with Crippen LogP contribution < -0.4 is 5.32 Å². The van der Waals surface area contributed by atoms with Gasteiger partial charge in [0.25, 0.3) is 0 Å². The van der Waals surface area contributed by atoms with Crippen LogP contribution in [0.5, 0.6) is 0 Å². The first kappa shape index (κ1) is 11.6. The molecule has 6 heteroatoms. The highest BCUT2D eigenvalue weighted by Crippen LogP contribution is 2.21. The van der Waals surface area contributed by atoms with E-state index in [1.54, 1.807) is 11.3 Å². The van der Waals surface area contributed by atoms with Crippen molar-refractivity contribution in [3.05, 3.63) is 26.7 Å². The van der Waals surface area contributed by atoms with Crippen molar-refractivity contribution < 1.29 is 4.42 Å².